The fraction of sp³-hybridized carbons (Fsp3) is 0.222. The lowest BCUT2D eigenvalue weighted by molar-refractivity contribution is -0.147. The number of hydrogen-bond acceptors (Lipinski definition) is 3. The minimum Gasteiger partial charge on any atom is -0.455 e. The Morgan fingerprint density at radius 2 is 1.71 bits per heavy atom. The van der Waals surface area contributed by atoms with Gasteiger partial charge in [0, 0.05) is 6.54 Å². The number of rotatable bonds is 7. The molecule has 0 unspecified atom stereocenters. The van der Waals surface area contributed by atoms with Gasteiger partial charge in [-0.2, -0.15) is 0 Å². The molecule has 0 aromatic heterocycles. The van der Waals surface area contributed by atoms with Crippen LogP contribution in [0.1, 0.15) is 11.1 Å². The van der Waals surface area contributed by atoms with Crippen LogP contribution in [0.5, 0.6) is 0 Å². The number of nitrogens with one attached hydrogen (secondary N) is 1. The number of carbonyl (C=O) groups excluding carboxylic acids is 2. The molecule has 0 saturated carbocycles. The Balaban J connectivity index is 1.65. The van der Waals surface area contributed by atoms with E-state index in [2.05, 4.69) is 5.32 Å². The van der Waals surface area contributed by atoms with Crippen LogP contribution in [0.2, 0.25) is 0 Å². The topological polar surface area (TPSA) is 55.4 Å². The second kappa shape index (κ2) is 8.76. The second-order valence-corrected chi connectivity index (χ2v) is 5.19. The van der Waals surface area contributed by atoms with Gasteiger partial charge in [0.25, 0.3) is 5.91 Å². The summed E-state index contributed by atoms with van der Waals surface area (Å²) >= 11 is 0. The van der Waals surface area contributed by atoms with Gasteiger partial charge in [-0.15, -0.1) is 0 Å². The number of ether oxygens (including phenoxy) is 1. The van der Waals surface area contributed by atoms with Crippen molar-refractivity contribution in [3.05, 3.63) is 71.3 Å². The molecule has 0 aliphatic carbocycles. The maximum Gasteiger partial charge on any atom is 0.310 e. The number of amides is 1. The van der Waals surface area contributed by atoms with Gasteiger partial charge in [-0.25, -0.2) is 8.78 Å². The fourth-order valence-corrected chi connectivity index (χ4v) is 2.06. The van der Waals surface area contributed by atoms with Crippen LogP contribution in [-0.2, 0) is 27.2 Å². The normalized spacial score (nSPS) is 10.2. The van der Waals surface area contributed by atoms with E-state index >= 15 is 0 Å². The van der Waals surface area contributed by atoms with Crippen molar-refractivity contribution in [2.24, 2.45) is 0 Å². The molecule has 1 N–H and O–H groups in total. The Hall–Kier alpha value is -2.76. The van der Waals surface area contributed by atoms with E-state index in [1.165, 1.54) is 30.3 Å². The van der Waals surface area contributed by atoms with E-state index in [4.69, 9.17) is 4.74 Å². The minimum atomic E-state index is -0.603. The standard InChI is InChI=1S/C18H17F2NO3/c19-15-6-4-13(5-7-15)8-9-21-17(22)12-24-18(23)11-14-2-1-3-16(20)10-14/h1-7,10H,8-9,11-12H2,(H,21,22). The first-order chi connectivity index (χ1) is 11.5. The van der Waals surface area contributed by atoms with Crippen LogP contribution < -0.4 is 5.32 Å². The molecule has 2 aromatic carbocycles. The number of carbonyl (C=O) groups is 2. The Morgan fingerprint density at radius 1 is 0.958 bits per heavy atom. The number of esters is 1. The van der Waals surface area contributed by atoms with E-state index in [-0.39, 0.29) is 12.2 Å². The third-order valence-electron chi connectivity index (χ3n) is 3.25. The molecular formula is C18H17F2NO3. The summed E-state index contributed by atoms with van der Waals surface area (Å²) in [4.78, 5) is 23.2. The predicted molar refractivity (Wildman–Crippen MR) is 84.2 cm³/mol. The highest BCUT2D eigenvalue weighted by Crippen LogP contribution is 2.05. The van der Waals surface area contributed by atoms with Gasteiger partial charge in [0.15, 0.2) is 6.61 Å². The first kappa shape index (κ1) is 17.6. The molecule has 6 heteroatoms. The summed E-state index contributed by atoms with van der Waals surface area (Å²) in [5.74, 6) is -1.77. The lowest BCUT2D eigenvalue weighted by atomic mass is 10.1. The Kier molecular flexibility index (Phi) is 6.42. The molecule has 4 nitrogen and oxygen atoms in total. The zero-order chi connectivity index (χ0) is 17.4. The van der Waals surface area contributed by atoms with E-state index < -0.39 is 24.3 Å². The highest BCUT2D eigenvalue weighted by atomic mass is 19.1. The highest BCUT2D eigenvalue weighted by Gasteiger charge is 2.09. The van der Waals surface area contributed by atoms with Crippen LogP contribution in [0.25, 0.3) is 0 Å². The fourth-order valence-electron chi connectivity index (χ4n) is 2.06. The Morgan fingerprint density at radius 3 is 2.42 bits per heavy atom. The molecule has 0 fully saturated rings. The molecular weight excluding hydrogens is 316 g/mol. The summed E-state index contributed by atoms with van der Waals surface area (Å²) in [5, 5.41) is 2.60. The molecule has 2 rings (SSSR count). The van der Waals surface area contributed by atoms with Crippen molar-refractivity contribution in [2.45, 2.75) is 12.8 Å². The molecule has 2 aromatic rings. The zero-order valence-corrected chi connectivity index (χ0v) is 12.9. The number of benzene rings is 2. The van der Waals surface area contributed by atoms with E-state index in [9.17, 15) is 18.4 Å². The molecule has 1 amide bonds. The van der Waals surface area contributed by atoms with E-state index in [1.54, 1.807) is 18.2 Å². The Labute approximate surface area is 138 Å². The second-order valence-electron chi connectivity index (χ2n) is 5.19. The van der Waals surface area contributed by atoms with E-state index in [1.807, 2.05) is 0 Å². The SMILES string of the molecule is O=C(COC(=O)Cc1cccc(F)c1)NCCc1ccc(F)cc1. The van der Waals surface area contributed by atoms with Gasteiger partial charge in [-0.05, 0) is 41.8 Å². The van der Waals surface area contributed by atoms with Gasteiger partial charge in [-0.1, -0.05) is 24.3 Å². The molecule has 0 heterocycles. The average molecular weight is 333 g/mol. The molecule has 0 bridgehead atoms. The maximum atomic E-state index is 13.0. The van der Waals surface area contributed by atoms with Crippen LogP contribution in [0.15, 0.2) is 48.5 Å². The molecule has 126 valence electrons. The lowest BCUT2D eigenvalue weighted by Gasteiger charge is -2.07. The van der Waals surface area contributed by atoms with E-state index in [0.29, 0.717) is 18.5 Å². The van der Waals surface area contributed by atoms with Gasteiger partial charge in [0.05, 0.1) is 6.42 Å². The largest absolute Gasteiger partial charge is 0.455 e. The van der Waals surface area contributed by atoms with Gasteiger partial charge >= 0.3 is 5.97 Å². The van der Waals surface area contributed by atoms with Crippen molar-refractivity contribution in [3.63, 3.8) is 0 Å². The summed E-state index contributed by atoms with van der Waals surface area (Å²) in [7, 11) is 0. The van der Waals surface area contributed by atoms with Crippen molar-refractivity contribution < 1.29 is 23.1 Å². The lowest BCUT2D eigenvalue weighted by Crippen LogP contribution is -2.30. The summed E-state index contributed by atoms with van der Waals surface area (Å²) < 4.78 is 30.6. The third kappa shape index (κ3) is 6.16. The molecule has 0 aliphatic heterocycles. The zero-order valence-electron chi connectivity index (χ0n) is 12.9. The predicted octanol–water partition coefficient (Wildman–Crippen LogP) is 2.41. The van der Waals surface area contributed by atoms with Crippen LogP contribution >= 0.6 is 0 Å². The summed E-state index contributed by atoms with van der Waals surface area (Å²) in [6.07, 6.45) is 0.448. The molecule has 0 radical (unpaired) electrons. The molecule has 0 atom stereocenters. The highest BCUT2D eigenvalue weighted by molar-refractivity contribution is 5.81. The Bertz CT molecular complexity index is 702. The van der Waals surface area contributed by atoms with Gasteiger partial charge < -0.3 is 10.1 Å². The quantitative estimate of drug-likeness (QED) is 0.792. The smallest absolute Gasteiger partial charge is 0.310 e. The van der Waals surface area contributed by atoms with Crippen LogP contribution in [-0.4, -0.2) is 25.0 Å². The van der Waals surface area contributed by atoms with Gasteiger partial charge in [0.2, 0.25) is 0 Å². The van der Waals surface area contributed by atoms with Crippen molar-refractivity contribution >= 4 is 11.9 Å². The third-order valence-corrected chi connectivity index (χ3v) is 3.25. The molecule has 0 saturated heterocycles. The van der Waals surface area contributed by atoms with Crippen molar-refractivity contribution in [2.75, 3.05) is 13.2 Å². The van der Waals surface area contributed by atoms with E-state index in [0.717, 1.165) is 5.56 Å². The van der Waals surface area contributed by atoms with Crippen LogP contribution in [0.4, 0.5) is 8.78 Å². The number of halogens is 2. The van der Waals surface area contributed by atoms with Gasteiger partial charge in [0.1, 0.15) is 11.6 Å². The molecule has 0 spiro atoms. The van der Waals surface area contributed by atoms with Gasteiger partial charge in [-0.3, -0.25) is 9.59 Å². The van der Waals surface area contributed by atoms with Crippen LogP contribution in [0, 0.1) is 11.6 Å². The molecule has 0 aliphatic rings. The van der Waals surface area contributed by atoms with Crippen molar-refractivity contribution in [1.82, 2.24) is 5.32 Å². The van der Waals surface area contributed by atoms with Crippen molar-refractivity contribution in [1.29, 1.82) is 0 Å². The molecule has 24 heavy (non-hydrogen) atoms. The monoisotopic (exact) mass is 333 g/mol. The van der Waals surface area contributed by atoms with Crippen LogP contribution in [0.3, 0.4) is 0 Å². The summed E-state index contributed by atoms with van der Waals surface area (Å²) in [6.45, 7) is -0.0382. The minimum absolute atomic E-state index is 0.0966. The first-order valence-corrected chi connectivity index (χ1v) is 7.44. The summed E-state index contributed by atoms with van der Waals surface area (Å²) in [6, 6.07) is 11.6. The maximum absolute atomic E-state index is 13.0. The summed E-state index contributed by atoms with van der Waals surface area (Å²) in [5.41, 5.74) is 1.37. The first-order valence-electron chi connectivity index (χ1n) is 7.44. The number of hydrogen-bond donors (Lipinski definition) is 1. The average Bonchev–Trinajstić information content (AvgIpc) is 2.55. The van der Waals surface area contributed by atoms with Crippen molar-refractivity contribution in [3.8, 4) is 0 Å².